The number of aromatic nitrogens is 3. The van der Waals surface area contributed by atoms with Gasteiger partial charge in [0.05, 0.1) is 34.5 Å². The molecule has 3 aromatic rings. The van der Waals surface area contributed by atoms with Gasteiger partial charge in [0.2, 0.25) is 0 Å². The summed E-state index contributed by atoms with van der Waals surface area (Å²) in [6, 6.07) is 3.72. The molecule has 0 atom stereocenters. The van der Waals surface area contributed by atoms with Crippen molar-refractivity contribution in [3.63, 3.8) is 0 Å². The normalized spacial score (nSPS) is 10.7. The van der Waals surface area contributed by atoms with Gasteiger partial charge >= 0.3 is 0 Å². The molecule has 0 radical (unpaired) electrons. The summed E-state index contributed by atoms with van der Waals surface area (Å²) in [5.41, 5.74) is 8.62. The highest BCUT2D eigenvalue weighted by molar-refractivity contribution is 7.21. The van der Waals surface area contributed by atoms with Gasteiger partial charge < -0.3 is 11.1 Å². The first-order valence-corrected chi connectivity index (χ1v) is 7.15. The van der Waals surface area contributed by atoms with E-state index in [9.17, 15) is 4.79 Å². The number of anilines is 1. The van der Waals surface area contributed by atoms with Crippen LogP contribution in [0.15, 0.2) is 30.7 Å². The first-order chi connectivity index (χ1) is 10.1. The Labute approximate surface area is 125 Å². The zero-order chi connectivity index (χ0) is 14.8. The smallest absolute Gasteiger partial charge is 0.263 e. The Morgan fingerprint density at radius 3 is 2.90 bits per heavy atom. The minimum Gasteiger partial charge on any atom is -0.396 e. The first-order valence-electron chi connectivity index (χ1n) is 6.34. The molecule has 0 spiro atoms. The third kappa shape index (κ3) is 2.68. The minimum absolute atomic E-state index is 0.224. The van der Waals surface area contributed by atoms with Crippen molar-refractivity contribution in [3.8, 4) is 0 Å². The van der Waals surface area contributed by atoms with Crippen molar-refractivity contribution in [1.29, 1.82) is 0 Å². The van der Waals surface area contributed by atoms with Crippen LogP contribution in [0.4, 0.5) is 5.69 Å². The van der Waals surface area contributed by atoms with E-state index in [1.54, 1.807) is 18.6 Å². The molecular weight excluding hydrogens is 286 g/mol. The quantitative estimate of drug-likeness (QED) is 0.770. The predicted octanol–water partition coefficient (Wildman–Crippen LogP) is 1.91. The van der Waals surface area contributed by atoms with Crippen LogP contribution in [0.5, 0.6) is 0 Å². The average Bonchev–Trinajstić information content (AvgIpc) is 2.84. The molecule has 0 saturated heterocycles. The van der Waals surface area contributed by atoms with Crippen LogP contribution >= 0.6 is 11.3 Å². The third-order valence-corrected chi connectivity index (χ3v) is 4.11. The summed E-state index contributed by atoms with van der Waals surface area (Å²) >= 11 is 1.33. The zero-order valence-electron chi connectivity index (χ0n) is 11.3. The number of pyridine rings is 1. The van der Waals surface area contributed by atoms with Gasteiger partial charge in [0.25, 0.3) is 5.91 Å². The van der Waals surface area contributed by atoms with Crippen molar-refractivity contribution in [2.24, 2.45) is 0 Å². The Morgan fingerprint density at radius 2 is 2.19 bits per heavy atom. The monoisotopic (exact) mass is 299 g/mol. The Hall–Kier alpha value is -2.54. The molecule has 3 aromatic heterocycles. The van der Waals surface area contributed by atoms with Gasteiger partial charge in [0.15, 0.2) is 0 Å². The highest BCUT2D eigenvalue weighted by atomic mass is 32.1. The van der Waals surface area contributed by atoms with E-state index >= 15 is 0 Å². The Kier molecular flexibility index (Phi) is 3.49. The van der Waals surface area contributed by atoms with Crippen molar-refractivity contribution >= 4 is 33.1 Å². The maximum atomic E-state index is 12.2. The fraction of sp³-hybridized carbons (Fsp3) is 0.143. The van der Waals surface area contributed by atoms with E-state index in [-0.39, 0.29) is 5.91 Å². The second-order valence-corrected chi connectivity index (χ2v) is 5.58. The molecule has 3 N–H and O–H groups in total. The van der Waals surface area contributed by atoms with Gasteiger partial charge in [0, 0.05) is 12.4 Å². The summed E-state index contributed by atoms with van der Waals surface area (Å²) in [5, 5.41) is 2.80. The molecule has 0 aliphatic carbocycles. The van der Waals surface area contributed by atoms with Gasteiger partial charge in [-0.05, 0) is 19.1 Å². The lowest BCUT2D eigenvalue weighted by molar-refractivity contribution is 0.0955. The number of nitrogens with two attached hydrogens (primary N) is 1. The molecule has 106 valence electrons. The van der Waals surface area contributed by atoms with E-state index in [0.29, 0.717) is 28.3 Å². The number of nitrogens with zero attached hydrogens (tertiary/aromatic N) is 3. The molecular formula is C14H13N5OS. The lowest BCUT2D eigenvalue weighted by Gasteiger charge is -2.03. The largest absolute Gasteiger partial charge is 0.396 e. The van der Waals surface area contributed by atoms with Gasteiger partial charge in [0.1, 0.15) is 10.4 Å². The molecule has 0 unspecified atom stereocenters. The van der Waals surface area contributed by atoms with Gasteiger partial charge in [-0.1, -0.05) is 0 Å². The summed E-state index contributed by atoms with van der Waals surface area (Å²) < 4.78 is 0.898. The minimum atomic E-state index is -0.224. The second-order valence-electron chi connectivity index (χ2n) is 4.53. The summed E-state index contributed by atoms with van der Waals surface area (Å²) in [4.78, 5) is 25.2. The molecule has 0 aliphatic heterocycles. The number of carbonyl (C=O) groups is 1. The van der Waals surface area contributed by atoms with E-state index in [1.165, 1.54) is 11.3 Å². The van der Waals surface area contributed by atoms with Crippen molar-refractivity contribution in [3.05, 3.63) is 47.0 Å². The highest BCUT2D eigenvalue weighted by Gasteiger charge is 2.16. The number of fused-ring (bicyclic) bond motifs is 1. The number of hydrogen-bond donors (Lipinski definition) is 2. The summed E-state index contributed by atoms with van der Waals surface area (Å²) in [7, 11) is 0. The predicted molar refractivity (Wildman–Crippen MR) is 82.0 cm³/mol. The molecule has 3 heterocycles. The molecule has 0 aromatic carbocycles. The maximum absolute atomic E-state index is 12.2. The second kappa shape index (κ2) is 5.45. The van der Waals surface area contributed by atoms with Gasteiger partial charge in [-0.3, -0.25) is 19.7 Å². The van der Waals surface area contributed by atoms with Crippen molar-refractivity contribution in [2.45, 2.75) is 13.5 Å². The van der Waals surface area contributed by atoms with Crippen molar-refractivity contribution in [2.75, 3.05) is 5.73 Å². The summed E-state index contributed by atoms with van der Waals surface area (Å²) in [5.74, 6) is -0.224. The molecule has 0 bridgehead atoms. The van der Waals surface area contributed by atoms with E-state index in [2.05, 4.69) is 20.3 Å². The molecule has 21 heavy (non-hydrogen) atoms. The molecule has 3 rings (SSSR count). The summed E-state index contributed by atoms with van der Waals surface area (Å²) in [6.07, 6.45) is 4.97. The fourth-order valence-corrected chi connectivity index (χ4v) is 2.88. The van der Waals surface area contributed by atoms with Gasteiger partial charge in [-0.2, -0.15) is 0 Å². The lowest BCUT2D eigenvalue weighted by atomic mass is 10.3. The van der Waals surface area contributed by atoms with Crippen molar-refractivity contribution in [1.82, 2.24) is 20.3 Å². The van der Waals surface area contributed by atoms with E-state index in [4.69, 9.17) is 5.73 Å². The zero-order valence-corrected chi connectivity index (χ0v) is 12.1. The molecule has 7 heteroatoms. The average molecular weight is 299 g/mol. The van der Waals surface area contributed by atoms with E-state index < -0.39 is 0 Å². The van der Waals surface area contributed by atoms with E-state index in [1.807, 2.05) is 19.1 Å². The molecule has 0 saturated carbocycles. The number of thiophene rings is 1. The summed E-state index contributed by atoms with van der Waals surface area (Å²) in [6.45, 7) is 2.17. The number of rotatable bonds is 3. The Bertz CT molecular complexity index is 797. The van der Waals surface area contributed by atoms with Gasteiger partial charge in [-0.15, -0.1) is 11.3 Å². The number of nitrogens with one attached hydrogen (secondary N) is 1. The number of amides is 1. The number of carbonyl (C=O) groups excluding carboxylic acids is 1. The number of nitrogen functional groups attached to an aromatic ring is 1. The van der Waals surface area contributed by atoms with Crippen LogP contribution in [0.3, 0.4) is 0 Å². The van der Waals surface area contributed by atoms with Crippen LogP contribution in [-0.2, 0) is 6.54 Å². The Balaban J connectivity index is 1.78. The SMILES string of the molecule is Cc1cnc(CNC(=O)c2sc3cccnc3c2N)cn1. The molecule has 0 fully saturated rings. The molecule has 0 aliphatic rings. The van der Waals surface area contributed by atoms with E-state index in [0.717, 1.165) is 10.4 Å². The number of aryl methyl sites for hydroxylation is 1. The third-order valence-electron chi connectivity index (χ3n) is 2.95. The van der Waals surface area contributed by atoms with Crippen LogP contribution in [0, 0.1) is 6.92 Å². The van der Waals surface area contributed by atoms with Crippen LogP contribution in [0.1, 0.15) is 21.1 Å². The fourth-order valence-electron chi connectivity index (χ4n) is 1.88. The standard InChI is InChI=1S/C14H13N5OS/c1-8-5-18-9(6-17-8)7-19-14(20)13-11(15)12-10(21-13)3-2-4-16-12/h2-6H,7,15H2,1H3,(H,19,20). The lowest BCUT2D eigenvalue weighted by Crippen LogP contribution is -2.23. The van der Waals surface area contributed by atoms with Crippen LogP contribution in [0.2, 0.25) is 0 Å². The molecule has 6 nitrogen and oxygen atoms in total. The van der Waals surface area contributed by atoms with Crippen LogP contribution < -0.4 is 11.1 Å². The molecule has 1 amide bonds. The Morgan fingerprint density at radius 1 is 1.33 bits per heavy atom. The van der Waals surface area contributed by atoms with Crippen LogP contribution in [-0.4, -0.2) is 20.9 Å². The number of hydrogen-bond acceptors (Lipinski definition) is 6. The van der Waals surface area contributed by atoms with Crippen molar-refractivity contribution < 1.29 is 4.79 Å². The highest BCUT2D eigenvalue weighted by Crippen LogP contribution is 2.31. The van der Waals surface area contributed by atoms with Gasteiger partial charge in [-0.25, -0.2) is 0 Å². The first kappa shape index (κ1) is 13.4. The topological polar surface area (TPSA) is 93.8 Å². The maximum Gasteiger partial charge on any atom is 0.263 e. The van der Waals surface area contributed by atoms with Crippen LogP contribution in [0.25, 0.3) is 10.2 Å².